The van der Waals surface area contributed by atoms with Crippen LogP contribution in [-0.4, -0.2) is 4.98 Å². The van der Waals surface area contributed by atoms with Gasteiger partial charge < -0.3 is 0 Å². The maximum Gasteiger partial charge on any atom is 0.0788 e. The summed E-state index contributed by atoms with van der Waals surface area (Å²) >= 11 is 3.92. The Labute approximate surface area is 234 Å². The lowest BCUT2D eigenvalue weighted by Crippen LogP contribution is -1.92. The monoisotopic (exact) mass is 559 g/mol. The largest absolute Gasteiger partial charge is 0.247 e. The van der Waals surface area contributed by atoms with E-state index >= 15 is 0 Å². The number of fused-ring (bicyclic) bond motifs is 7. The van der Waals surface area contributed by atoms with Crippen molar-refractivity contribution >= 4 is 69.9 Å². The highest BCUT2D eigenvalue weighted by atomic mass is 79.9. The van der Waals surface area contributed by atoms with E-state index in [2.05, 4.69) is 149 Å². The molecule has 0 fully saturated rings. The average molecular weight is 560 g/mol. The second kappa shape index (κ2) is 8.76. The van der Waals surface area contributed by atoms with Crippen LogP contribution in [0.3, 0.4) is 0 Å². The standard InChI is InChI=1S/C37H22BrN/c38-36-29-15-6-4-13-27(29)34(28-14-5-7-16-30(28)36)25-18-10-19-26-24(25)21-22-32-35(26)31-17-8-9-20-33(31)39-37(32)23-11-2-1-3-12-23/h1-22H. The zero-order chi connectivity index (χ0) is 25.9. The molecule has 2 heteroatoms. The van der Waals surface area contributed by atoms with Crippen molar-refractivity contribution in [2.75, 3.05) is 0 Å². The van der Waals surface area contributed by atoms with E-state index in [1.165, 1.54) is 59.6 Å². The summed E-state index contributed by atoms with van der Waals surface area (Å²) in [4.78, 5) is 5.15. The van der Waals surface area contributed by atoms with Crippen LogP contribution in [0.1, 0.15) is 0 Å². The van der Waals surface area contributed by atoms with Crippen LogP contribution in [0.4, 0.5) is 0 Å². The zero-order valence-corrected chi connectivity index (χ0v) is 22.6. The Hall–Kier alpha value is -4.53. The Balaban J connectivity index is 1.56. The first kappa shape index (κ1) is 22.5. The van der Waals surface area contributed by atoms with Crippen LogP contribution in [0.25, 0.3) is 76.4 Å². The molecule has 0 unspecified atom stereocenters. The summed E-state index contributed by atoms with van der Waals surface area (Å²) in [5.41, 5.74) is 5.69. The molecular weight excluding hydrogens is 538 g/mol. The molecular formula is C37H22BrN. The molecule has 0 amide bonds. The van der Waals surface area contributed by atoms with Crippen LogP contribution < -0.4 is 0 Å². The Kier molecular flexibility index (Phi) is 5.04. The SMILES string of the molecule is Brc1c2ccccc2c(-c2cccc3c2ccc2c(-c4ccccc4)nc4ccccc4c23)c2ccccc12. The summed E-state index contributed by atoms with van der Waals surface area (Å²) in [5.74, 6) is 0. The van der Waals surface area contributed by atoms with Crippen LogP contribution >= 0.6 is 15.9 Å². The number of rotatable bonds is 2. The number of para-hydroxylation sites is 1. The van der Waals surface area contributed by atoms with E-state index in [0.29, 0.717) is 0 Å². The summed E-state index contributed by atoms with van der Waals surface area (Å²) in [5, 5.41) is 11.1. The Bertz CT molecular complexity index is 2180. The van der Waals surface area contributed by atoms with Gasteiger partial charge in [0.2, 0.25) is 0 Å². The second-order valence-corrected chi connectivity index (χ2v) is 10.8. The zero-order valence-electron chi connectivity index (χ0n) is 21.0. The molecule has 0 radical (unpaired) electrons. The average Bonchev–Trinajstić information content (AvgIpc) is 3.01. The Morgan fingerprint density at radius 1 is 0.410 bits per heavy atom. The van der Waals surface area contributed by atoms with Crippen molar-refractivity contribution < 1.29 is 0 Å². The lowest BCUT2D eigenvalue weighted by molar-refractivity contribution is 1.43. The number of pyridine rings is 1. The minimum Gasteiger partial charge on any atom is -0.247 e. The van der Waals surface area contributed by atoms with Gasteiger partial charge in [0.1, 0.15) is 0 Å². The molecule has 8 aromatic rings. The van der Waals surface area contributed by atoms with Crippen molar-refractivity contribution in [3.05, 3.63) is 138 Å². The summed E-state index contributed by atoms with van der Waals surface area (Å²) in [6, 6.07) is 47.8. The molecule has 1 nitrogen and oxygen atoms in total. The van der Waals surface area contributed by atoms with Gasteiger partial charge in [0.25, 0.3) is 0 Å². The third kappa shape index (κ3) is 3.35. The molecule has 0 bridgehead atoms. The van der Waals surface area contributed by atoms with Gasteiger partial charge >= 0.3 is 0 Å². The molecule has 0 spiro atoms. The number of aromatic nitrogens is 1. The molecule has 7 aromatic carbocycles. The van der Waals surface area contributed by atoms with Gasteiger partial charge in [0.15, 0.2) is 0 Å². The quantitative estimate of drug-likeness (QED) is 0.151. The second-order valence-electron chi connectivity index (χ2n) is 10.0. The molecule has 0 saturated carbocycles. The van der Waals surface area contributed by atoms with Crippen LogP contribution in [-0.2, 0) is 0 Å². The fourth-order valence-corrected chi connectivity index (χ4v) is 6.90. The van der Waals surface area contributed by atoms with Gasteiger partial charge in [0, 0.05) is 26.2 Å². The Morgan fingerprint density at radius 2 is 0.974 bits per heavy atom. The van der Waals surface area contributed by atoms with Crippen molar-refractivity contribution in [2.24, 2.45) is 0 Å². The van der Waals surface area contributed by atoms with E-state index in [1.807, 2.05) is 0 Å². The highest BCUT2D eigenvalue weighted by Gasteiger charge is 2.18. The molecule has 182 valence electrons. The molecule has 1 aromatic heterocycles. The fraction of sp³-hybridized carbons (Fsp3) is 0. The van der Waals surface area contributed by atoms with E-state index in [-0.39, 0.29) is 0 Å². The van der Waals surface area contributed by atoms with Crippen molar-refractivity contribution in [1.82, 2.24) is 4.98 Å². The smallest absolute Gasteiger partial charge is 0.0788 e. The van der Waals surface area contributed by atoms with Gasteiger partial charge in [0.05, 0.1) is 11.2 Å². The van der Waals surface area contributed by atoms with Gasteiger partial charge in [-0.3, -0.25) is 0 Å². The molecule has 0 N–H and O–H groups in total. The summed E-state index contributed by atoms with van der Waals surface area (Å²) in [6.07, 6.45) is 0. The van der Waals surface area contributed by atoms with Gasteiger partial charge in [-0.25, -0.2) is 4.98 Å². The maximum absolute atomic E-state index is 5.15. The number of nitrogens with zero attached hydrogens (tertiary/aromatic N) is 1. The van der Waals surface area contributed by atoms with Crippen LogP contribution in [0, 0.1) is 0 Å². The van der Waals surface area contributed by atoms with E-state index in [4.69, 9.17) is 4.98 Å². The van der Waals surface area contributed by atoms with Gasteiger partial charge in [-0.1, -0.05) is 127 Å². The normalized spacial score (nSPS) is 11.7. The topological polar surface area (TPSA) is 12.9 Å². The molecule has 0 aliphatic rings. The molecule has 1 heterocycles. The minimum atomic E-state index is 1.02. The van der Waals surface area contributed by atoms with Gasteiger partial charge in [-0.2, -0.15) is 0 Å². The summed E-state index contributed by atoms with van der Waals surface area (Å²) < 4.78 is 1.15. The first-order chi connectivity index (χ1) is 19.3. The molecule has 0 atom stereocenters. The molecule has 0 aliphatic heterocycles. The first-order valence-corrected chi connectivity index (χ1v) is 14.0. The van der Waals surface area contributed by atoms with E-state index in [9.17, 15) is 0 Å². The number of hydrogen-bond acceptors (Lipinski definition) is 1. The highest BCUT2D eigenvalue weighted by molar-refractivity contribution is 9.10. The highest BCUT2D eigenvalue weighted by Crippen LogP contribution is 2.45. The van der Waals surface area contributed by atoms with Gasteiger partial charge in [-0.05, 0) is 65.4 Å². The number of benzene rings is 7. The third-order valence-electron chi connectivity index (χ3n) is 7.90. The lowest BCUT2D eigenvalue weighted by Gasteiger charge is -2.18. The predicted molar refractivity (Wildman–Crippen MR) is 170 cm³/mol. The van der Waals surface area contributed by atoms with Crippen molar-refractivity contribution in [1.29, 1.82) is 0 Å². The van der Waals surface area contributed by atoms with E-state index < -0.39 is 0 Å². The molecule has 39 heavy (non-hydrogen) atoms. The van der Waals surface area contributed by atoms with E-state index in [0.717, 1.165) is 21.2 Å². The fourth-order valence-electron chi connectivity index (χ4n) is 6.21. The minimum absolute atomic E-state index is 1.02. The Morgan fingerprint density at radius 3 is 1.69 bits per heavy atom. The van der Waals surface area contributed by atoms with Crippen LogP contribution in [0.15, 0.2) is 138 Å². The maximum atomic E-state index is 5.15. The van der Waals surface area contributed by atoms with Crippen molar-refractivity contribution in [3.8, 4) is 22.4 Å². The molecule has 0 saturated heterocycles. The lowest BCUT2D eigenvalue weighted by atomic mass is 9.87. The van der Waals surface area contributed by atoms with E-state index in [1.54, 1.807) is 0 Å². The van der Waals surface area contributed by atoms with Crippen LogP contribution in [0.2, 0.25) is 0 Å². The number of halogens is 1. The molecule has 8 rings (SSSR count). The first-order valence-electron chi connectivity index (χ1n) is 13.2. The summed E-state index contributed by atoms with van der Waals surface area (Å²) in [6.45, 7) is 0. The molecule has 0 aliphatic carbocycles. The van der Waals surface area contributed by atoms with Crippen LogP contribution in [0.5, 0.6) is 0 Å². The summed E-state index contributed by atoms with van der Waals surface area (Å²) in [7, 11) is 0. The van der Waals surface area contributed by atoms with Gasteiger partial charge in [-0.15, -0.1) is 0 Å². The predicted octanol–water partition coefficient (Wildman–Crippen LogP) is 10.9. The van der Waals surface area contributed by atoms with Crippen molar-refractivity contribution in [2.45, 2.75) is 0 Å². The third-order valence-corrected chi connectivity index (χ3v) is 8.76. The number of hydrogen-bond donors (Lipinski definition) is 0. The van der Waals surface area contributed by atoms with Crippen molar-refractivity contribution in [3.63, 3.8) is 0 Å².